The van der Waals surface area contributed by atoms with Crippen molar-refractivity contribution in [3.63, 3.8) is 0 Å². The number of nitriles is 1. The monoisotopic (exact) mass is 523 g/mol. The number of hydrogen-bond donors (Lipinski definition) is 3. The molecule has 2 aromatic rings. The number of amides is 3. The number of nitrogens with one attached hydrogen (secondary N) is 2. The van der Waals surface area contributed by atoms with Gasteiger partial charge in [0.05, 0.1) is 22.2 Å². The molecule has 2 aliphatic rings. The number of likely N-dealkylation sites (tertiary alicyclic amines) is 1. The Balaban J connectivity index is 1.42. The zero-order valence-electron chi connectivity index (χ0n) is 21.6. The quantitative estimate of drug-likeness (QED) is 0.510. The standard InChI is InChI=1S/C27H33N5O4S/c1-16-21(37-15-30-16)17-7-8-18(20(33)12-17)13-29-23(34)19-6-5-11-32(19)24(35)22(26(2,3)4)31-25(36)27(14-28)9-10-27/h7-8,12,15,19,22,33H,5-6,9-11,13H2,1-4H3,(H,29,34)(H,31,36)/t19-,22+/m0/s1. The van der Waals surface area contributed by atoms with Crippen molar-refractivity contribution in [1.82, 2.24) is 20.5 Å². The highest BCUT2D eigenvalue weighted by Crippen LogP contribution is 2.45. The highest BCUT2D eigenvalue weighted by atomic mass is 32.1. The summed E-state index contributed by atoms with van der Waals surface area (Å²) in [6.07, 6.45) is 2.17. The lowest BCUT2D eigenvalue weighted by Crippen LogP contribution is -2.58. The van der Waals surface area contributed by atoms with Crippen molar-refractivity contribution in [3.8, 4) is 22.3 Å². The second-order valence-electron chi connectivity index (χ2n) is 11.0. The Morgan fingerprint density at radius 2 is 2.05 bits per heavy atom. The summed E-state index contributed by atoms with van der Waals surface area (Å²) in [5, 5.41) is 25.6. The van der Waals surface area contributed by atoms with Gasteiger partial charge in [0.15, 0.2) is 0 Å². The molecule has 0 radical (unpaired) electrons. The number of phenolic OH excluding ortho intramolecular Hbond substituents is 1. The molecule has 0 unspecified atom stereocenters. The van der Waals surface area contributed by atoms with Crippen LogP contribution in [0.25, 0.3) is 10.4 Å². The molecular weight excluding hydrogens is 490 g/mol. The van der Waals surface area contributed by atoms with Crippen LogP contribution in [0.1, 0.15) is 57.7 Å². The Hall–Kier alpha value is -3.45. The van der Waals surface area contributed by atoms with E-state index in [1.807, 2.05) is 33.8 Å². The van der Waals surface area contributed by atoms with E-state index in [2.05, 4.69) is 21.7 Å². The number of aromatic nitrogens is 1. The molecule has 1 saturated carbocycles. The number of phenols is 1. The van der Waals surface area contributed by atoms with E-state index in [1.165, 1.54) is 16.2 Å². The highest BCUT2D eigenvalue weighted by molar-refractivity contribution is 7.13. The number of thiazole rings is 1. The third-order valence-corrected chi connectivity index (χ3v) is 8.15. The number of carbonyl (C=O) groups is 3. The van der Waals surface area contributed by atoms with Crippen LogP contribution in [-0.4, -0.2) is 51.3 Å². The van der Waals surface area contributed by atoms with Crippen LogP contribution in [-0.2, 0) is 20.9 Å². The van der Waals surface area contributed by atoms with Crippen LogP contribution in [0.4, 0.5) is 0 Å². The summed E-state index contributed by atoms with van der Waals surface area (Å²) < 4.78 is 0. The van der Waals surface area contributed by atoms with E-state index in [0.717, 1.165) is 16.1 Å². The van der Waals surface area contributed by atoms with Gasteiger partial charge in [0, 0.05) is 18.7 Å². The van der Waals surface area contributed by atoms with Gasteiger partial charge in [-0.3, -0.25) is 14.4 Å². The zero-order chi connectivity index (χ0) is 27.0. The van der Waals surface area contributed by atoms with Gasteiger partial charge in [-0.15, -0.1) is 11.3 Å². The molecule has 9 nitrogen and oxygen atoms in total. The van der Waals surface area contributed by atoms with Gasteiger partial charge < -0.3 is 20.6 Å². The molecule has 1 aromatic carbocycles. The molecule has 2 heterocycles. The smallest absolute Gasteiger partial charge is 0.246 e. The first-order chi connectivity index (χ1) is 17.5. The van der Waals surface area contributed by atoms with Gasteiger partial charge in [-0.25, -0.2) is 4.98 Å². The third kappa shape index (κ3) is 5.47. The van der Waals surface area contributed by atoms with Crippen molar-refractivity contribution >= 4 is 29.1 Å². The van der Waals surface area contributed by atoms with E-state index in [4.69, 9.17) is 0 Å². The van der Waals surface area contributed by atoms with E-state index < -0.39 is 28.8 Å². The van der Waals surface area contributed by atoms with Gasteiger partial charge in [0.2, 0.25) is 17.7 Å². The molecule has 3 amide bonds. The van der Waals surface area contributed by atoms with Crippen molar-refractivity contribution in [2.75, 3.05) is 6.54 Å². The minimum Gasteiger partial charge on any atom is -0.508 e. The highest BCUT2D eigenvalue weighted by Gasteiger charge is 2.53. The molecule has 196 valence electrons. The maximum absolute atomic E-state index is 13.6. The summed E-state index contributed by atoms with van der Waals surface area (Å²) in [6.45, 7) is 8.01. The Bertz CT molecular complexity index is 1250. The molecule has 4 rings (SSSR count). The van der Waals surface area contributed by atoms with Crippen molar-refractivity contribution in [2.24, 2.45) is 10.8 Å². The number of carbonyl (C=O) groups excluding carboxylic acids is 3. The van der Waals surface area contributed by atoms with E-state index >= 15 is 0 Å². The molecular formula is C27H33N5O4S. The molecule has 10 heteroatoms. The molecule has 1 saturated heterocycles. The number of nitrogens with zero attached hydrogens (tertiary/aromatic N) is 3. The normalized spacial score (nSPS) is 19.1. The first-order valence-electron chi connectivity index (χ1n) is 12.5. The average Bonchev–Trinajstić information content (AvgIpc) is 3.28. The molecule has 2 fully saturated rings. The van der Waals surface area contributed by atoms with Crippen LogP contribution in [0.2, 0.25) is 0 Å². The first kappa shape index (κ1) is 26.6. The molecule has 1 aromatic heterocycles. The summed E-state index contributed by atoms with van der Waals surface area (Å²) in [4.78, 5) is 46.2. The fraction of sp³-hybridized carbons (Fsp3) is 0.519. The van der Waals surface area contributed by atoms with Gasteiger partial charge in [-0.05, 0) is 49.7 Å². The number of aryl methyl sites for hydroxylation is 1. The summed E-state index contributed by atoms with van der Waals surface area (Å²) in [7, 11) is 0. The van der Waals surface area contributed by atoms with Gasteiger partial charge in [-0.2, -0.15) is 5.26 Å². The predicted octanol–water partition coefficient (Wildman–Crippen LogP) is 3.27. The van der Waals surface area contributed by atoms with Crippen LogP contribution >= 0.6 is 11.3 Å². The fourth-order valence-electron chi connectivity index (χ4n) is 4.64. The van der Waals surface area contributed by atoms with Gasteiger partial charge in [-0.1, -0.05) is 32.9 Å². The molecule has 2 atom stereocenters. The Kier molecular flexibility index (Phi) is 7.29. The molecule has 3 N–H and O–H groups in total. The van der Waals surface area contributed by atoms with Gasteiger partial charge in [0.1, 0.15) is 23.2 Å². The number of benzene rings is 1. The first-order valence-corrected chi connectivity index (χ1v) is 13.4. The van der Waals surface area contributed by atoms with E-state index in [0.29, 0.717) is 37.8 Å². The summed E-state index contributed by atoms with van der Waals surface area (Å²) in [5.41, 5.74) is 2.43. The van der Waals surface area contributed by atoms with Crippen LogP contribution in [0.5, 0.6) is 5.75 Å². The van der Waals surface area contributed by atoms with Crippen LogP contribution < -0.4 is 10.6 Å². The second-order valence-corrected chi connectivity index (χ2v) is 11.8. The van der Waals surface area contributed by atoms with Crippen LogP contribution in [0.15, 0.2) is 23.7 Å². The van der Waals surface area contributed by atoms with Gasteiger partial charge >= 0.3 is 0 Å². The van der Waals surface area contributed by atoms with Gasteiger partial charge in [0.25, 0.3) is 0 Å². The minimum absolute atomic E-state index is 0.0759. The number of hydrogen-bond acceptors (Lipinski definition) is 7. The Labute approximate surface area is 220 Å². The molecule has 1 aliphatic heterocycles. The van der Waals surface area contributed by atoms with Crippen LogP contribution in [0, 0.1) is 29.1 Å². The molecule has 1 aliphatic carbocycles. The summed E-state index contributed by atoms with van der Waals surface area (Å²) in [5.74, 6) is -0.968. The Morgan fingerprint density at radius 1 is 1.32 bits per heavy atom. The molecule has 0 bridgehead atoms. The van der Waals surface area contributed by atoms with E-state index in [-0.39, 0.29) is 24.1 Å². The van der Waals surface area contributed by atoms with E-state index in [9.17, 15) is 24.8 Å². The maximum atomic E-state index is 13.6. The van der Waals surface area contributed by atoms with Crippen molar-refractivity contribution in [3.05, 3.63) is 35.0 Å². The SMILES string of the molecule is Cc1ncsc1-c1ccc(CNC(=O)[C@@H]2CCCN2C(=O)[C@@H](NC(=O)C2(C#N)CC2)C(C)(C)C)c(O)c1. The molecule has 37 heavy (non-hydrogen) atoms. The molecule has 0 spiro atoms. The lowest BCUT2D eigenvalue weighted by atomic mass is 9.85. The van der Waals surface area contributed by atoms with Crippen molar-refractivity contribution < 1.29 is 19.5 Å². The number of aromatic hydroxyl groups is 1. The lowest BCUT2D eigenvalue weighted by Gasteiger charge is -2.35. The van der Waals surface area contributed by atoms with Crippen LogP contribution in [0.3, 0.4) is 0 Å². The average molecular weight is 524 g/mol. The second kappa shape index (κ2) is 10.1. The maximum Gasteiger partial charge on any atom is 0.246 e. The van der Waals surface area contributed by atoms with Crippen molar-refractivity contribution in [1.29, 1.82) is 5.26 Å². The third-order valence-electron chi connectivity index (χ3n) is 7.17. The fourth-order valence-corrected chi connectivity index (χ4v) is 5.44. The summed E-state index contributed by atoms with van der Waals surface area (Å²) in [6, 6.07) is 5.87. The minimum atomic E-state index is -1.04. The Morgan fingerprint density at radius 3 is 2.62 bits per heavy atom. The number of rotatable bonds is 7. The van der Waals surface area contributed by atoms with Crippen molar-refractivity contribution in [2.45, 2.75) is 72.0 Å². The summed E-state index contributed by atoms with van der Waals surface area (Å²) >= 11 is 1.50. The lowest BCUT2D eigenvalue weighted by molar-refractivity contribution is -0.144. The van der Waals surface area contributed by atoms with E-state index in [1.54, 1.807) is 17.6 Å². The topological polar surface area (TPSA) is 135 Å². The zero-order valence-corrected chi connectivity index (χ0v) is 22.4. The largest absolute Gasteiger partial charge is 0.508 e. The predicted molar refractivity (Wildman–Crippen MR) is 139 cm³/mol.